The van der Waals surface area contributed by atoms with E-state index in [0.717, 1.165) is 27.4 Å². The van der Waals surface area contributed by atoms with Crippen LogP contribution in [0, 0.1) is 18.6 Å². The van der Waals surface area contributed by atoms with Crippen LogP contribution in [0.25, 0.3) is 10.2 Å². The summed E-state index contributed by atoms with van der Waals surface area (Å²) >= 11 is 7.38. The number of nitrogen functional groups attached to an aromatic ring is 1. The zero-order valence-electron chi connectivity index (χ0n) is 10.9. The van der Waals surface area contributed by atoms with E-state index in [1.165, 1.54) is 11.3 Å². The fourth-order valence-corrected chi connectivity index (χ4v) is 3.11. The largest absolute Gasteiger partial charge is 0.397 e. The van der Waals surface area contributed by atoms with Gasteiger partial charge in [-0.2, -0.15) is 0 Å². The molecule has 3 N–H and O–H groups in total. The van der Waals surface area contributed by atoms with Crippen molar-refractivity contribution < 1.29 is 8.78 Å². The Morgan fingerprint density at radius 1 is 1.24 bits per heavy atom. The Morgan fingerprint density at radius 2 is 2.00 bits per heavy atom. The topological polar surface area (TPSA) is 50.9 Å². The Morgan fingerprint density at radius 3 is 2.71 bits per heavy atom. The van der Waals surface area contributed by atoms with E-state index < -0.39 is 11.6 Å². The average Bonchev–Trinajstić information content (AvgIpc) is 2.72. The van der Waals surface area contributed by atoms with Crippen LogP contribution in [-0.4, -0.2) is 4.98 Å². The Balaban J connectivity index is 2.07. The van der Waals surface area contributed by atoms with Crippen LogP contribution in [-0.2, 0) is 0 Å². The highest BCUT2D eigenvalue weighted by atomic mass is 35.5. The highest BCUT2D eigenvalue weighted by Crippen LogP contribution is 2.35. The smallest absolute Gasteiger partial charge is 0.151 e. The number of fused-ring (bicyclic) bond motifs is 1. The molecule has 108 valence electrons. The molecule has 0 amide bonds. The summed E-state index contributed by atoms with van der Waals surface area (Å²) in [5.41, 5.74) is 7.60. The van der Waals surface area contributed by atoms with Crippen molar-refractivity contribution in [3.63, 3.8) is 0 Å². The number of anilines is 3. The number of aromatic nitrogens is 1. The number of hydrogen-bond donors (Lipinski definition) is 2. The average molecular weight is 326 g/mol. The Bertz CT molecular complexity index is 825. The predicted molar refractivity (Wildman–Crippen MR) is 83.4 cm³/mol. The van der Waals surface area contributed by atoms with E-state index in [2.05, 4.69) is 10.3 Å². The molecule has 1 aromatic heterocycles. The summed E-state index contributed by atoms with van der Waals surface area (Å²) < 4.78 is 27.8. The molecule has 0 aliphatic carbocycles. The van der Waals surface area contributed by atoms with Gasteiger partial charge < -0.3 is 11.1 Å². The Hall–Kier alpha value is -1.92. The third-order valence-electron chi connectivity index (χ3n) is 2.93. The third kappa shape index (κ3) is 2.64. The Kier molecular flexibility index (Phi) is 3.43. The van der Waals surface area contributed by atoms with Gasteiger partial charge in [-0.15, -0.1) is 11.3 Å². The lowest BCUT2D eigenvalue weighted by atomic mass is 10.2. The number of aryl methyl sites for hydroxylation is 1. The number of halogens is 3. The molecule has 0 fully saturated rings. The molecule has 3 aromatic rings. The number of nitrogens with zero attached hydrogens (tertiary/aromatic N) is 1. The summed E-state index contributed by atoms with van der Waals surface area (Å²) in [6.45, 7) is 1.89. The van der Waals surface area contributed by atoms with Crippen molar-refractivity contribution in [1.82, 2.24) is 4.98 Å². The van der Waals surface area contributed by atoms with Gasteiger partial charge in [0.2, 0.25) is 0 Å². The molecule has 3 rings (SSSR count). The van der Waals surface area contributed by atoms with Gasteiger partial charge in [-0.1, -0.05) is 11.6 Å². The lowest BCUT2D eigenvalue weighted by Gasteiger charge is -2.12. The van der Waals surface area contributed by atoms with Crippen molar-refractivity contribution in [1.29, 1.82) is 0 Å². The number of nitrogens with one attached hydrogen (secondary N) is 1. The maximum absolute atomic E-state index is 13.8. The first-order valence-electron chi connectivity index (χ1n) is 6.02. The molecule has 0 unspecified atom stereocenters. The van der Waals surface area contributed by atoms with Crippen LogP contribution in [0.4, 0.5) is 25.8 Å². The molecule has 0 aliphatic rings. The maximum atomic E-state index is 13.8. The van der Waals surface area contributed by atoms with Crippen LogP contribution in [0.15, 0.2) is 24.3 Å². The van der Waals surface area contributed by atoms with Crippen LogP contribution < -0.4 is 11.1 Å². The third-order valence-corrected chi connectivity index (χ3v) is 4.16. The van der Waals surface area contributed by atoms with Crippen molar-refractivity contribution >= 4 is 50.2 Å². The lowest BCUT2D eigenvalue weighted by molar-refractivity contribution is 0.586. The lowest BCUT2D eigenvalue weighted by Crippen LogP contribution is -1.99. The molecular weight excluding hydrogens is 316 g/mol. The molecule has 0 spiro atoms. The molecule has 0 bridgehead atoms. The van der Waals surface area contributed by atoms with E-state index in [1.54, 1.807) is 12.1 Å². The molecule has 3 nitrogen and oxygen atoms in total. The summed E-state index contributed by atoms with van der Waals surface area (Å²) in [6.07, 6.45) is 0. The van der Waals surface area contributed by atoms with E-state index in [9.17, 15) is 8.78 Å². The fourth-order valence-electron chi connectivity index (χ4n) is 2.01. The second kappa shape index (κ2) is 5.13. The molecule has 0 aliphatic heterocycles. The molecule has 0 radical (unpaired) electrons. The summed E-state index contributed by atoms with van der Waals surface area (Å²) in [7, 11) is 0. The van der Waals surface area contributed by atoms with Gasteiger partial charge in [0.15, 0.2) is 5.82 Å². The molecule has 21 heavy (non-hydrogen) atoms. The predicted octanol–water partition coefficient (Wildman–Crippen LogP) is 4.86. The summed E-state index contributed by atoms with van der Waals surface area (Å²) in [5, 5.41) is 3.66. The van der Waals surface area contributed by atoms with E-state index in [4.69, 9.17) is 17.3 Å². The van der Waals surface area contributed by atoms with Crippen molar-refractivity contribution in [2.24, 2.45) is 0 Å². The highest BCUT2D eigenvalue weighted by molar-refractivity contribution is 7.18. The minimum absolute atomic E-state index is 0.0175. The van der Waals surface area contributed by atoms with Crippen molar-refractivity contribution in [2.45, 2.75) is 6.92 Å². The quantitative estimate of drug-likeness (QED) is 0.661. The zero-order chi connectivity index (χ0) is 15.1. The van der Waals surface area contributed by atoms with Crippen LogP contribution in [0.5, 0.6) is 0 Å². The van der Waals surface area contributed by atoms with Gasteiger partial charge in [-0.25, -0.2) is 13.8 Å². The van der Waals surface area contributed by atoms with Gasteiger partial charge in [0.1, 0.15) is 5.82 Å². The van der Waals surface area contributed by atoms with Gasteiger partial charge in [-0.3, -0.25) is 0 Å². The number of nitrogens with two attached hydrogens (primary N) is 1. The number of benzene rings is 2. The SMILES string of the molecule is Cc1nc2cc(Nc3c(F)cc(F)cc3Cl)c(N)cc2s1. The van der Waals surface area contributed by atoms with Gasteiger partial charge in [0, 0.05) is 6.07 Å². The number of rotatable bonds is 2. The van der Waals surface area contributed by atoms with E-state index in [0.29, 0.717) is 11.4 Å². The molecule has 0 saturated carbocycles. The summed E-state index contributed by atoms with van der Waals surface area (Å²) in [4.78, 5) is 4.35. The van der Waals surface area contributed by atoms with Crippen LogP contribution in [0.3, 0.4) is 0 Å². The maximum Gasteiger partial charge on any atom is 0.151 e. The van der Waals surface area contributed by atoms with E-state index >= 15 is 0 Å². The monoisotopic (exact) mass is 325 g/mol. The van der Waals surface area contributed by atoms with Gasteiger partial charge in [-0.05, 0) is 25.1 Å². The van der Waals surface area contributed by atoms with E-state index in [1.807, 2.05) is 6.92 Å². The Labute approximate surface area is 128 Å². The zero-order valence-corrected chi connectivity index (χ0v) is 12.4. The minimum Gasteiger partial charge on any atom is -0.397 e. The first-order valence-corrected chi connectivity index (χ1v) is 7.21. The molecule has 0 atom stereocenters. The fraction of sp³-hybridized carbons (Fsp3) is 0.0714. The van der Waals surface area contributed by atoms with Gasteiger partial charge in [0.05, 0.1) is 37.3 Å². The minimum atomic E-state index is -0.783. The van der Waals surface area contributed by atoms with E-state index in [-0.39, 0.29) is 10.7 Å². The van der Waals surface area contributed by atoms with Gasteiger partial charge >= 0.3 is 0 Å². The first kappa shape index (κ1) is 14.0. The second-order valence-corrected chi connectivity index (χ2v) is 6.15. The van der Waals surface area contributed by atoms with Crippen molar-refractivity contribution in [2.75, 3.05) is 11.1 Å². The standard InChI is InChI=1S/C14H10ClF2N3S/c1-6-19-12-5-11(10(18)4-13(12)21-6)20-14-8(15)2-7(16)3-9(14)17/h2-5,20H,18H2,1H3. The molecule has 0 saturated heterocycles. The number of hydrogen-bond acceptors (Lipinski definition) is 4. The second-order valence-electron chi connectivity index (χ2n) is 4.51. The number of thiazole rings is 1. The summed E-state index contributed by atoms with van der Waals surface area (Å²) in [5.74, 6) is -1.52. The van der Waals surface area contributed by atoms with Crippen molar-refractivity contribution in [3.05, 3.63) is 45.9 Å². The molecule has 1 heterocycles. The van der Waals surface area contributed by atoms with Crippen LogP contribution >= 0.6 is 22.9 Å². The molecule has 2 aromatic carbocycles. The molecular formula is C14H10ClF2N3S. The first-order chi connectivity index (χ1) is 9.94. The summed E-state index contributed by atoms with van der Waals surface area (Å²) in [6, 6.07) is 5.27. The highest BCUT2D eigenvalue weighted by Gasteiger charge is 2.13. The van der Waals surface area contributed by atoms with Gasteiger partial charge in [0.25, 0.3) is 0 Å². The normalized spacial score (nSPS) is 11.0. The van der Waals surface area contributed by atoms with Crippen LogP contribution in [0.2, 0.25) is 5.02 Å². The van der Waals surface area contributed by atoms with Crippen LogP contribution in [0.1, 0.15) is 5.01 Å². The van der Waals surface area contributed by atoms with Crippen molar-refractivity contribution in [3.8, 4) is 0 Å². The molecule has 7 heteroatoms.